The van der Waals surface area contributed by atoms with Crippen molar-refractivity contribution in [3.63, 3.8) is 0 Å². The third-order valence-corrected chi connectivity index (χ3v) is 3.99. The molecular weight excluding hydrogens is 274 g/mol. The predicted octanol–water partition coefficient (Wildman–Crippen LogP) is 1.72. The van der Waals surface area contributed by atoms with Crippen LogP contribution in [0.4, 0.5) is 0 Å². The number of hydrogen-bond donors (Lipinski definition) is 1. The minimum absolute atomic E-state index is 0.243. The van der Waals surface area contributed by atoms with Gasteiger partial charge in [-0.15, -0.1) is 0 Å². The van der Waals surface area contributed by atoms with Crippen LogP contribution < -0.4 is 4.57 Å². The quantitative estimate of drug-likeness (QED) is 0.515. The molecule has 18 heavy (non-hydrogen) atoms. The fourth-order valence-corrected chi connectivity index (χ4v) is 2.86. The average molecular weight is 288 g/mol. The molecule has 0 unspecified atom stereocenters. The molecule has 5 nitrogen and oxygen atoms in total. The second-order valence-electron chi connectivity index (χ2n) is 3.83. The van der Waals surface area contributed by atoms with Gasteiger partial charge < -0.3 is 4.42 Å². The first-order valence-electron chi connectivity index (χ1n) is 5.42. The Balaban J connectivity index is 2.25. The van der Waals surface area contributed by atoms with Crippen LogP contribution in [-0.4, -0.2) is 25.0 Å². The SMILES string of the molecule is CSc1oc2ccccc2[n+]1CCCS(=O)(=O)O. The Morgan fingerprint density at radius 1 is 1.39 bits per heavy atom. The summed E-state index contributed by atoms with van der Waals surface area (Å²) < 4.78 is 37.7. The maximum absolute atomic E-state index is 10.7. The first kappa shape index (κ1) is 13.4. The molecular formula is C11H14NO4S2+. The maximum Gasteiger partial charge on any atom is 0.412 e. The first-order chi connectivity index (χ1) is 8.51. The number of nitrogens with zero attached hydrogens (tertiary/aromatic N) is 1. The molecule has 1 aromatic heterocycles. The average Bonchev–Trinajstić information content (AvgIpc) is 2.66. The van der Waals surface area contributed by atoms with Crippen molar-refractivity contribution in [3.8, 4) is 0 Å². The molecule has 2 rings (SSSR count). The highest BCUT2D eigenvalue weighted by molar-refractivity contribution is 7.98. The molecule has 0 aliphatic rings. The van der Waals surface area contributed by atoms with E-state index in [9.17, 15) is 8.42 Å². The molecule has 1 heterocycles. The van der Waals surface area contributed by atoms with E-state index in [1.54, 1.807) is 0 Å². The van der Waals surface area contributed by atoms with Gasteiger partial charge in [0.25, 0.3) is 15.6 Å². The second kappa shape index (κ2) is 5.29. The number of para-hydroxylation sites is 2. The first-order valence-corrected chi connectivity index (χ1v) is 8.25. The van der Waals surface area contributed by atoms with Crippen LogP contribution in [0.1, 0.15) is 6.42 Å². The summed E-state index contributed by atoms with van der Waals surface area (Å²) in [7, 11) is -3.90. The van der Waals surface area contributed by atoms with Gasteiger partial charge in [-0.25, -0.2) is 0 Å². The highest BCUT2D eigenvalue weighted by Crippen LogP contribution is 2.19. The molecule has 0 aliphatic heterocycles. The van der Waals surface area contributed by atoms with Gasteiger partial charge in [0, 0.05) is 12.5 Å². The number of benzene rings is 1. The Kier molecular flexibility index (Phi) is 3.94. The standard InChI is InChI=1S/C11H13NO4S2/c1-17-11-12(7-4-8-18(13,14)15)9-5-2-3-6-10(9)16-11/h2-3,5-6H,4,7-8H2,1H3/p+1. The molecule has 0 bridgehead atoms. The van der Waals surface area contributed by atoms with Gasteiger partial charge in [0.15, 0.2) is 6.54 Å². The molecule has 1 N–H and O–H groups in total. The number of fused-ring (bicyclic) bond motifs is 1. The summed E-state index contributed by atoms with van der Waals surface area (Å²) in [4.78, 5) is 0. The van der Waals surface area contributed by atoms with E-state index in [4.69, 9.17) is 8.97 Å². The minimum atomic E-state index is -3.90. The Hall–Kier alpha value is -1.05. The second-order valence-corrected chi connectivity index (χ2v) is 6.16. The molecule has 0 saturated carbocycles. The van der Waals surface area contributed by atoms with Gasteiger partial charge in [-0.3, -0.25) is 4.55 Å². The summed E-state index contributed by atoms with van der Waals surface area (Å²) in [5.74, 6) is -0.243. The number of rotatable bonds is 5. The van der Waals surface area contributed by atoms with E-state index in [2.05, 4.69) is 0 Å². The van der Waals surface area contributed by atoms with Crippen molar-refractivity contribution < 1.29 is 22.0 Å². The van der Waals surface area contributed by atoms with E-state index >= 15 is 0 Å². The molecule has 0 saturated heterocycles. The summed E-state index contributed by atoms with van der Waals surface area (Å²) in [6.07, 6.45) is 2.25. The lowest BCUT2D eigenvalue weighted by molar-refractivity contribution is -0.716. The van der Waals surface area contributed by atoms with Gasteiger partial charge in [0.1, 0.15) is 0 Å². The van der Waals surface area contributed by atoms with Gasteiger partial charge in [-0.2, -0.15) is 13.0 Å². The summed E-state index contributed by atoms with van der Waals surface area (Å²) in [5, 5.41) is 0.728. The number of oxazole rings is 1. The fraction of sp³-hybridized carbons (Fsp3) is 0.364. The van der Waals surface area contributed by atoms with Crippen molar-refractivity contribution in [2.45, 2.75) is 18.2 Å². The van der Waals surface area contributed by atoms with Crippen LogP contribution in [0.25, 0.3) is 11.1 Å². The number of hydrogen-bond acceptors (Lipinski definition) is 4. The van der Waals surface area contributed by atoms with Crippen LogP contribution in [0.5, 0.6) is 0 Å². The van der Waals surface area contributed by atoms with Gasteiger partial charge in [0.2, 0.25) is 5.58 Å². The largest absolute Gasteiger partial charge is 0.412 e. The van der Waals surface area contributed by atoms with Crippen LogP contribution in [0.2, 0.25) is 0 Å². The summed E-state index contributed by atoms with van der Waals surface area (Å²) >= 11 is 1.46. The fourth-order valence-electron chi connectivity index (χ4n) is 1.78. The molecule has 7 heteroatoms. The summed E-state index contributed by atoms with van der Waals surface area (Å²) in [5.41, 5.74) is 1.70. The monoisotopic (exact) mass is 288 g/mol. The molecule has 0 spiro atoms. The van der Waals surface area contributed by atoms with Gasteiger partial charge in [0.05, 0.1) is 5.75 Å². The van der Waals surface area contributed by atoms with Crippen molar-refractivity contribution in [3.05, 3.63) is 24.3 Å². The van der Waals surface area contributed by atoms with E-state index in [1.807, 2.05) is 35.1 Å². The van der Waals surface area contributed by atoms with Crippen LogP contribution in [0.3, 0.4) is 0 Å². The van der Waals surface area contributed by atoms with Crippen molar-refractivity contribution >= 4 is 33.0 Å². The number of aryl methyl sites for hydroxylation is 1. The van der Waals surface area contributed by atoms with E-state index in [0.29, 0.717) is 13.0 Å². The normalized spacial score (nSPS) is 12.1. The van der Waals surface area contributed by atoms with Crippen LogP contribution in [-0.2, 0) is 16.7 Å². The van der Waals surface area contributed by atoms with E-state index in [1.165, 1.54) is 11.8 Å². The number of aromatic nitrogens is 1. The lowest BCUT2D eigenvalue weighted by Gasteiger charge is -1.95. The summed E-state index contributed by atoms with van der Waals surface area (Å²) in [6, 6.07) is 7.58. The molecule has 0 amide bonds. The molecule has 0 radical (unpaired) electrons. The maximum atomic E-state index is 10.7. The van der Waals surface area contributed by atoms with Crippen molar-refractivity contribution in [2.24, 2.45) is 0 Å². The molecule has 0 fully saturated rings. The highest BCUT2D eigenvalue weighted by atomic mass is 32.2. The minimum Gasteiger partial charge on any atom is -0.393 e. The van der Waals surface area contributed by atoms with Crippen molar-refractivity contribution in [1.82, 2.24) is 0 Å². The zero-order valence-electron chi connectivity index (χ0n) is 9.87. The molecule has 2 aromatic rings. The Morgan fingerprint density at radius 2 is 2.11 bits per heavy atom. The Morgan fingerprint density at radius 3 is 2.78 bits per heavy atom. The lowest BCUT2D eigenvalue weighted by atomic mass is 10.3. The summed E-state index contributed by atoms with van der Waals surface area (Å²) in [6.45, 7) is 0.493. The molecule has 1 aromatic carbocycles. The van der Waals surface area contributed by atoms with E-state index in [-0.39, 0.29) is 5.75 Å². The zero-order valence-corrected chi connectivity index (χ0v) is 11.5. The highest BCUT2D eigenvalue weighted by Gasteiger charge is 2.21. The van der Waals surface area contributed by atoms with Gasteiger partial charge in [-0.05, 0) is 24.1 Å². The topological polar surface area (TPSA) is 71.4 Å². The van der Waals surface area contributed by atoms with Crippen LogP contribution in [0.15, 0.2) is 33.9 Å². The molecule has 0 aliphatic carbocycles. The zero-order chi connectivity index (χ0) is 13.2. The van der Waals surface area contributed by atoms with Crippen molar-refractivity contribution in [1.29, 1.82) is 0 Å². The van der Waals surface area contributed by atoms with Crippen molar-refractivity contribution in [2.75, 3.05) is 12.0 Å². The van der Waals surface area contributed by atoms with E-state index in [0.717, 1.165) is 16.3 Å². The van der Waals surface area contributed by atoms with Crippen LogP contribution in [0, 0.1) is 0 Å². The predicted molar refractivity (Wildman–Crippen MR) is 69.2 cm³/mol. The lowest BCUT2D eigenvalue weighted by Crippen LogP contribution is -2.35. The Bertz CT molecular complexity index is 648. The van der Waals surface area contributed by atoms with Crippen LogP contribution >= 0.6 is 11.8 Å². The number of thioether (sulfide) groups is 1. The molecule has 0 atom stereocenters. The third-order valence-electron chi connectivity index (χ3n) is 2.53. The van der Waals surface area contributed by atoms with Gasteiger partial charge in [-0.1, -0.05) is 12.1 Å². The Labute approximate surface area is 110 Å². The smallest absolute Gasteiger partial charge is 0.393 e. The van der Waals surface area contributed by atoms with E-state index < -0.39 is 10.1 Å². The third kappa shape index (κ3) is 3.04. The van der Waals surface area contributed by atoms with Gasteiger partial charge >= 0.3 is 5.22 Å². The molecule has 98 valence electrons.